The molecule has 8 heteroatoms. The Bertz CT molecular complexity index is 957. The average molecular weight is 388 g/mol. The molecular weight excluding hydrogens is 364 g/mol. The normalized spacial score (nSPS) is 18.4. The smallest absolute Gasteiger partial charge is 0.270 e. The number of nitrogens with zero attached hydrogens (tertiary/aromatic N) is 2. The SMILES string of the molecule is Cc1cc(C(=O)NC2CCS(=O)(=O)C2)nc(Nc2ccccc2C(C)C)n1. The maximum atomic E-state index is 12.5. The van der Waals surface area contributed by atoms with E-state index in [0.29, 0.717) is 24.0 Å². The summed E-state index contributed by atoms with van der Waals surface area (Å²) in [5, 5.41) is 5.96. The van der Waals surface area contributed by atoms with Crippen molar-refractivity contribution in [3.63, 3.8) is 0 Å². The summed E-state index contributed by atoms with van der Waals surface area (Å²) in [6.45, 7) is 6.00. The quantitative estimate of drug-likeness (QED) is 0.816. The molecule has 1 aliphatic rings. The van der Waals surface area contributed by atoms with Gasteiger partial charge in [0.15, 0.2) is 9.84 Å². The number of hydrogen-bond acceptors (Lipinski definition) is 6. The number of aromatic nitrogens is 2. The molecule has 1 atom stereocenters. The Balaban J connectivity index is 1.79. The van der Waals surface area contributed by atoms with Crippen molar-refractivity contribution < 1.29 is 13.2 Å². The van der Waals surface area contributed by atoms with Crippen LogP contribution in [-0.2, 0) is 9.84 Å². The highest BCUT2D eigenvalue weighted by molar-refractivity contribution is 7.91. The van der Waals surface area contributed by atoms with E-state index < -0.39 is 9.84 Å². The third-order valence-corrected chi connectivity index (χ3v) is 6.25. The molecule has 0 saturated carbocycles. The third-order valence-electron chi connectivity index (χ3n) is 4.48. The van der Waals surface area contributed by atoms with Crippen molar-refractivity contribution >= 4 is 27.4 Å². The Morgan fingerprint density at radius 1 is 1.22 bits per heavy atom. The number of hydrogen-bond donors (Lipinski definition) is 2. The van der Waals surface area contributed by atoms with Gasteiger partial charge in [0.1, 0.15) is 5.69 Å². The van der Waals surface area contributed by atoms with Crippen LogP contribution in [0.3, 0.4) is 0 Å². The van der Waals surface area contributed by atoms with E-state index in [1.807, 2.05) is 24.3 Å². The summed E-state index contributed by atoms with van der Waals surface area (Å²) in [4.78, 5) is 21.2. The molecule has 144 valence electrons. The minimum Gasteiger partial charge on any atom is -0.347 e. The fraction of sp³-hybridized carbons (Fsp3) is 0.421. The van der Waals surface area contributed by atoms with Gasteiger partial charge in [0, 0.05) is 17.4 Å². The molecule has 1 aliphatic heterocycles. The zero-order chi connectivity index (χ0) is 19.6. The molecule has 2 aromatic rings. The summed E-state index contributed by atoms with van der Waals surface area (Å²) in [5.74, 6) is 0.371. The van der Waals surface area contributed by atoms with Crippen LogP contribution < -0.4 is 10.6 Å². The summed E-state index contributed by atoms with van der Waals surface area (Å²) in [5.41, 5.74) is 2.89. The molecule has 7 nitrogen and oxygen atoms in total. The van der Waals surface area contributed by atoms with Crippen LogP contribution in [0.5, 0.6) is 0 Å². The molecule has 0 radical (unpaired) electrons. The number of sulfone groups is 1. The highest BCUT2D eigenvalue weighted by Crippen LogP contribution is 2.25. The maximum Gasteiger partial charge on any atom is 0.270 e. The van der Waals surface area contributed by atoms with Crippen LogP contribution in [0.2, 0.25) is 0 Å². The first kappa shape index (κ1) is 19.3. The van der Waals surface area contributed by atoms with Crippen LogP contribution >= 0.6 is 0 Å². The molecule has 0 bridgehead atoms. The van der Waals surface area contributed by atoms with Crippen LogP contribution in [0.15, 0.2) is 30.3 Å². The van der Waals surface area contributed by atoms with E-state index in [0.717, 1.165) is 11.3 Å². The van der Waals surface area contributed by atoms with Gasteiger partial charge in [-0.05, 0) is 37.0 Å². The molecule has 0 aliphatic carbocycles. The van der Waals surface area contributed by atoms with E-state index in [9.17, 15) is 13.2 Å². The molecule has 1 aromatic carbocycles. The van der Waals surface area contributed by atoms with Gasteiger partial charge < -0.3 is 10.6 Å². The van der Waals surface area contributed by atoms with E-state index in [1.165, 1.54) is 0 Å². The molecule has 27 heavy (non-hydrogen) atoms. The third kappa shape index (κ3) is 4.82. The van der Waals surface area contributed by atoms with Gasteiger partial charge in [-0.1, -0.05) is 32.0 Å². The molecule has 3 rings (SSSR count). The molecule has 2 heterocycles. The number of para-hydroxylation sites is 1. The zero-order valence-corrected chi connectivity index (χ0v) is 16.5. The largest absolute Gasteiger partial charge is 0.347 e. The van der Waals surface area contributed by atoms with Crippen LogP contribution in [0, 0.1) is 6.92 Å². The predicted molar refractivity (Wildman–Crippen MR) is 105 cm³/mol. The summed E-state index contributed by atoms with van der Waals surface area (Å²) in [6, 6.07) is 9.12. The second kappa shape index (κ2) is 7.64. The van der Waals surface area contributed by atoms with Crippen molar-refractivity contribution in [1.82, 2.24) is 15.3 Å². The first-order valence-electron chi connectivity index (χ1n) is 8.96. The summed E-state index contributed by atoms with van der Waals surface area (Å²) in [7, 11) is -3.05. The van der Waals surface area contributed by atoms with Gasteiger partial charge in [-0.2, -0.15) is 0 Å². The Kier molecular flexibility index (Phi) is 5.46. The lowest BCUT2D eigenvalue weighted by molar-refractivity contribution is 0.0936. The second-order valence-electron chi connectivity index (χ2n) is 7.16. The van der Waals surface area contributed by atoms with Crippen molar-refractivity contribution in [1.29, 1.82) is 0 Å². The summed E-state index contributed by atoms with van der Waals surface area (Å²) in [6.07, 6.45) is 0.436. The lowest BCUT2D eigenvalue weighted by Crippen LogP contribution is -2.36. The number of nitrogens with one attached hydrogen (secondary N) is 2. The minimum absolute atomic E-state index is 0.0182. The molecule has 1 aromatic heterocycles. The van der Waals surface area contributed by atoms with E-state index in [1.54, 1.807) is 13.0 Å². The number of carbonyl (C=O) groups is 1. The molecular formula is C19H24N4O3S. The lowest BCUT2D eigenvalue weighted by Gasteiger charge is -2.15. The minimum atomic E-state index is -3.05. The Labute approximate surface area is 159 Å². The van der Waals surface area contributed by atoms with Crippen molar-refractivity contribution in [3.8, 4) is 0 Å². The molecule has 1 unspecified atom stereocenters. The number of rotatable bonds is 5. The number of amides is 1. The Hall–Kier alpha value is -2.48. The van der Waals surface area contributed by atoms with Crippen LogP contribution in [0.4, 0.5) is 11.6 Å². The van der Waals surface area contributed by atoms with Crippen LogP contribution in [0.25, 0.3) is 0 Å². The van der Waals surface area contributed by atoms with Crippen molar-refractivity contribution in [2.75, 3.05) is 16.8 Å². The number of carbonyl (C=O) groups excluding carboxylic acids is 1. The van der Waals surface area contributed by atoms with Gasteiger partial charge in [0.25, 0.3) is 5.91 Å². The summed E-state index contributed by atoms with van der Waals surface area (Å²) >= 11 is 0. The molecule has 1 saturated heterocycles. The van der Waals surface area contributed by atoms with E-state index in [2.05, 4.69) is 34.4 Å². The van der Waals surface area contributed by atoms with Gasteiger partial charge in [0.05, 0.1) is 11.5 Å². The van der Waals surface area contributed by atoms with Crippen molar-refractivity contribution in [2.24, 2.45) is 0 Å². The molecule has 1 amide bonds. The van der Waals surface area contributed by atoms with E-state index >= 15 is 0 Å². The average Bonchev–Trinajstić information content (AvgIpc) is 2.93. The van der Waals surface area contributed by atoms with Crippen LogP contribution in [0.1, 0.15) is 47.9 Å². The number of benzene rings is 1. The summed E-state index contributed by atoms with van der Waals surface area (Å²) < 4.78 is 23.1. The molecule has 2 N–H and O–H groups in total. The van der Waals surface area contributed by atoms with Gasteiger partial charge >= 0.3 is 0 Å². The first-order chi connectivity index (χ1) is 12.7. The monoisotopic (exact) mass is 388 g/mol. The van der Waals surface area contributed by atoms with E-state index in [-0.39, 0.29) is 29.1 Å². The zero-order valence-electron chi connectivity index (χ0n) is 15.7. The van der Waals surface area contributed by atoms with Gasteiger partial charge in [0.2, 0.25) is 5.95 Å². The highest BCUT2D eigenvalue weighted by atomic mass is 32.2. The molecule has 0 spiro atoms. The fourth-order valence-corrected chi connectivity index (χ4v) is 4.82. The Morgan fingerprint density at radius 2 is 1.96 bits per heavy atom. The predicted octanol–water partition coefficient (Wildman–Crippen LogP) is 2.57. The van der Waals surface area contributed by atoms with Gasteiger partial charge in [-0.25, -0.2) is 18.4 Å². The van der Waals surface area contributed by atoms with Crippen LogP contribution in [-0.4, -0.2) is 41.8 Å². The van der Waals surface area contributed by atoms with E-state index in [4.69, 9.17) is 0 Å². The number of anilines is 2. The first-order valence-corrected chi connectivity index (χ1v) is 10.8. The maximum absolute atomic E-state index is 12.5. The standard InChI is InChI=1S/C19H24N4O3S/c1-12(2)15-6-4-5-7-16(15)22-19-20-13(3)10-17(23-19)18(24)21-14-8-9-27(25,26)11-14/h4-7,10,12,14H,8-9,11H2,1-3H3,(H,21,24)(H,20,22,23). The Morgan fingerprint density at radius 3 is 2.63 bits per heavy atom. The van der Waals surface area contributed by atoms with Gasteiger partial charge in [-0.15, -0.1) is 0 Å². The lowest BCUT2D eigenvalue weighted by atomic mass is 10.0. The van der Waals surface area contributed by atoms with Crippen molar-refractivity contribution in [2.45, 2.75) is 39.2 Å². The topological polar surface area (TPSA) is 101 Å². The fourth-order valence-electron chi connectivity index (χ4n) is 3.14. The highest BCUT2D eigenvalue weighted by Gasteiger charge is 2.29. The van der Waals surface area contributed by atoms with Gasteiger partial charge in [-0.3, -0.25) is 4.79 Å². The second-order valence-corrected chi connectivity index (χ2v) is 9.39. The molecule has 1 fully saturated rings. The van der Waals surface area contributed by atoms with Crippen molar-refractivity contribution in [3.05, 3.63) is 47.3 Å². The number of aryl methyl sites for hydroxylation is 1.